The topological polar surface area (TPSA) is 66.5 Å². The summed E-state index contributed by atoms with van der Waals surface area (Å²) in [5.41, 5.74) is 8.60. The van der Waals surface area contributed by atoms with Gasteiger partial charge in [-0.25, -0.2) is 0 Å². The second kappa shape index (κ2) is 6.82. The lowest BCUT2D eigenvalue weighted by Crippen LogP contribution is -2.29. The van der Waals surface area contributed by atoms with E-state index >= 15 is 0 Å². The third-order valence-corrected chi connectivity index (χ3v) is 4.26. The number of aromatic hydroxyl groups is 1. The zero-order valence-corrected chi connectivity index (χ0v) is 16.1. The summed E-state index contributed by atoms with van der Waals surface area (Å²) in [6.45, 7) is 16.6. The predicted molar refractivity (Wildman–Crippen MR) is 97.9 cm³/mol. The fourth-order valence-electron chi connectivity index (χ4n) is 2.84. The molecule has 2 atom stereocenters. The number of phenolic OH excluding ortho intramolecular Hbond substituents is 1. The van der Waals surface area contributed by atoms with E-state index in [0.29, 0.717) is 18.1 Å². The largest absolute Gasteiger partial charge is 0.507 e. The number of benzene rings is 1. The maximum absolute atomic E-state index is 10.7. The van der Waals surface area contributed by atoms with Gasteiger partial charge in [0.2, 0.25) is 0 Å². The van der Waals surface area contributed by atoms with Crippen LogP contribution in [-0.4, -0.2) is 16.3 Å². The van der Waals surface area contributed by atoms with Crippen molar-refractivity contribution in [2.45, 2.75) is 84.8 Å². The number of rotatable bonds is 4. The monoisotopic (exact) mass is 321 g/mol. The quantitative estimate of drug-likeness (QED) is 0.770. The maximum Gasteiger partial charge on any atom is 0.123 e. The lowest BCUT2D eigenvalue weighted by molar-refractivity contribution is 0.121. The number of aliphatic hydroxyl groups excluding tert-OH is 1. The summed E-state index contributed by atoms with van der Waals surface area (Å²) in [6, 6.07) is 3.47. The van der Waals surface area contributed by atoms with Crippen LogP contribution in [0.2, 0.25) is 0 Å². The molecule has 0 heterocycles. The second-order valence-corrected chi connectivity index (χ2v) is 9.19. The van der Waals surface area contributed by atoms with Gasteiger partial charge in [0.25, 0.3) is 0 Å². The van der Waals surface area contributed by atoms with Crippen LogP contribution in [0.4, 0.5) is 0 Å². The molecule has 0 radical (unpaired) electrons. The molecule has 0 saturated carbocycles. The summed E-state index contributed by atoms with van der Waals surface area (Å²) in [5, 5.41) is 21.2. The van der Waals surface area contributed by atoms with Gasteiger partial charge in [-0.05, 0) is 52.0 Å². The normalized spacial score (nSPS) is 15.8. The van der Waals surface area contributed by atoms with E-state index in [1.165, 1.54) is 0 Å². The first-order chi connectivity index (χ1) is 10.2. The fourth-order valence-corrected chi connectivity index (χ4v) is 2.84. The number of hydrogen-bond donors (Lipinski definition) is 3. The van der Waals surface area contributed by atoms with Crippen molar-refractivity contribution < 1.29 is 10.2 Å². The van der Waals surface area contributed by atoms with Gasteiger partial charge in [0, 0.05) is 0 Å². The van der Waals surface area contributed by atoms with Gasteiger partial charge < -0.3 is 15.9 Å². The third-order valence-electron chi connectivity index (χ3n) is 4.26. The Morgan fingerprint density at radius 2 is 1.35 bits per heavy atom. The number of aliphatic hydroxyl groups is 1. The van der Waals surface area contributed by atoms with Gasteiger partial charge in [0.1, 0.15) is 5.75 Å². The Balaban J connectivity index is 3.44. The van der Waals surface area contributed by atoms with Crippen molar-refractivity contribution in [2.75, 3.05) is 0 Å². The first-order valence-corrected chi connectivity index (χ1v) is 8.56. The summed E-state index contributed by atoms with van der Waals surface area (Å²) in [4.78, 5) is 0. The van der Waals surface area contributed by atoms with Crippen molar-refractivity contribution in [3.63, 3.8) is 0 Å². The molecule has 23 heavy (non-hydrogen) atoms. The van der Waals surface area contributed by atoms with E-state index in [-0.39, 0.29) is 10.8 Å². The molecule has 1 aromatic rings. The summed E-state index contributed by atoms with van der Waals surface area (Å²) in [6.07, 6.45) is 0.0813. The Bertz CT molecular complexity index is 501. The van der Waals surface area contributed by atoms with Crippen LogP contribution in [0.1, 0.15) is 84.5 Å². The van der Waals surface area contributed by atoms with E-state index in [1.54, 1.807) is 0 Å². The van der Waals surface area contributed by atoms with Gasteiger partial charge in [-0.15, -0.1) is 0 Å². The SMILES string of the molecule is CC(C)C[C@@H](O)[C@@H](N)c1cc(C(C)(C)C)c(O)c(C(C)(C)C)c1. The van der Waals surface area contributed by atoms with Gasteiger partial charge in [0.05, 0.1) is 12.1 Å². The van der Waals surface area contributed by atoms with Crippen LogP contribution in [0.15, 0.2) is 12.1 Å². The van der Waals surface area contributed by atoms with Crippen molar-refractivity contribution >= 4 is 0 Å². The van der Waals surface area contributed by atoms with Crippen molar-refractivity contribution in [3.05, 3.63) is 28.8 Å². The highest BCUT2D eigenvalue weighted by atomic mass is 16.3. The highest BCUT2D eigenvalue weighted by molar-refractivity contribution is 5.50. The molecule has 4 N–H and O–H groups in total. The van der Waals surface area contributed by atoms with Crippen LogP contribution in [0, 0.1) is 5.92 Å². The average Bonchev–Trinajstić information content (AvgIpc) is 2.34. The summed E-state index contributed by atoms with van der Waals surface area (Å²) in [5.74, 6) is 0.733. The summed E-state index contributed by atoms with van der Waals surface area (Å²) in [7, 11) is 0. The Labute approximate surface area is 141 Å². The highest BCUT2D eigenvalue weighted by Crippen LogP contribution is 2.41. The van der Waals surface area contributed by atoms with Crippen LogP contribution in [0.3, 0.4) is 0 Å². The minimum Gasteiger partial charge on any atom is -0.507 e. The molecule has 3 heteroatoms. The minimum absolute atomic E-state index is 0.192. The molecule has 0 bridgehead atoms. The number of hydrogen-bond acceptors (Lipinski definition) is 3. The van der Waals surface area contributed by atoms with Crippen LogP contribution in [0.5, 0.6) is 5.75 Å². The molecule has 3 nitrogen and oxygen atoms in total. The molecule has 0 aliphatic carbocycles. The third kappa shape index (κ3) is 4.95. The molecule has 1 aromatic carbocycles. The van der Waals surface area contributed by atoms with Gasteiger partial charge >= 0.3 is 0 Å². The van der Waals surface area contributed by atoms with Gasteiger partial charge in [-0.3, -0.25) is 0 Å². The Kier molecular flexibility index (Phi) is 5.93. The van der Waals surface area contributed by atoms with Crippen LogP contribution in [0.25, 0.3) is 0 Å². The molecular formula is C20H35NO2. The smallest absolute Gasteiger partial charge is 0.123 e. The predicted octanol–water partition coefficient (Wildman–Crippen LogP) is 4.39. The van der Waals surface area contributed by atoms with Crippen molar-refractivity contribution in [2.24, 2.45) is 11.7 Å². The molecule has 0 aliphatic heterocycles. The molecular weight excluding hydrogens is 286 g/mol. The lowest BCUT2D eigenvalue weighted by Gasteiger charge is -2.30. The maximum atomic E-state index is 10.7. The van der Waals surface area contributed by atoms with E-state index in [4.69, 9.17) is 5.73 Å². The average molecular weight is 322 g/mol. The van der Waals surface area contributed by atoms with E-state index in [1.807, 2.05) is 12.1 Å². The number of phenols is 1. The van der Waals surface area contributed by atoms with E-state index in [9.17, 15) is 10.2 Å². The molecule has 1 rings (SSSR count). The van der Waals surface area contributed by atoms with Crippen LogP contribution >= 0.6 is 0 Å². The zero-order valence-electron chi connectivity index (χ0n) is 16.1. The molecule has 0 aliphatic rings. The van der Waals surface area contributed by atoms with E-state index < -0.39 is 12.1 Å². The molecule has 0 amide bonds. The van der Waals surface area contributed by atoms with Crippen LogP contribution < -0.4 is 5.73 Å². The Morgan fingerprint density at radius 1 is 0.957 bits per heavy atom. The molecule has 0 aromatic heterocycles. The second-order valence-electron chi connectivity index (χ2n) is 9.19. The first-order valence-electron chi connectivity index (χ1n) is 8.56. The number of nitrogens with two attached hydrogens (primary N) is 1. The van der Waals surface area contributed by atoms with Gasteiger partial charge in [-0.1, -0.05) is 55.4 Å². The minimum atomic E-state index is -0.583. The van der Waals surface area contributed by atoms with E-state index in [0.717, 1.165) is 16.7 Å². The molecule has 0 fully saturated rings. The van der Waals surface area contributed by atoms with Gasteiger partial charge in [-0.2, -0.15) is 0 Å². The van der Waals surface area contributed by atoms with Crippen molar-refractivity contribution in [1.29, 1.82) is 0 Å². The lowest BCUT2D eigenvalue weighted by atomic mass is 9.77. The summed E-state index contributed by atoms with van der Waals surface area (Å²) >= 11 is 0. The summed E-state index contributed by atoms with van der Waals surface area (Å²) < 4.78 is 0. The first kappa shape index (κ1) is 20.0. The van der Waals surface area contributed by atoms with Gasteiger partial charge in [0.15, 0.2) is 0 Å². The molecule has 0 unspecified atom stereocenters. The molecule has 0 saturated heterocycles. The van der Waals surface area contributed by atoms with E-state index in [2.05, 4.69) is 55.4 Å². The van der Waals surface area contributed by atoms with Crippen LogP contribution in [-0.2, 0) is 10.8 Å². The van der Waals surface area contributed by atoms with Crippen molar-refractivity contribution in [1.82, 2.24) is 0 Å². The standard InChI is InChI=1S/C20H35NO2/c1-12(2)9-16(22)17(21)13-10-14(19(3,4)5)18(23)15(11-13)20(6,7)8/h10-12,16-17,22-23H,9,21H2,1-8H3/t16-,17+/m1/s1. The van der Waals surface area contributed by atoms with Crippen molar-refractivity contribution in [3.8, 4) is 5.75 Å². The highest BCUT2D eigenvalue weighted by Gasteiger charge is 2.29. The Hall–Kier alpha value is -1.06. The zero-order chi connectivity index (χ0) is 18.2. The molecule has 132 valence electrons. The fraction of sp³-hybridized carbons (Fsp3) is 0.700. The Morgan fingerprint density at radius 3 is 1.65 bits per heavy atom. The molecule has 0 spiro atoms.